The topological polar surface area (TPSA) is 72.2 Å². The molecule has 4 unspecified atom stereocenters. The lowest BCUT2D eigenvalue weighted by Crippen LogP contribution is -2.53. The molecule has 4 rings (SSSR count). The first kappa shape index (κ1) is 20.9. The minimum Gasteiger partial charge on any atom is -0.458 e. The standard InChI is InChI=1S/C25H30O5/c1-7-23(5)14-25(27,22-24(6,30-22)13-9-10-15(2)3)29-20-18-16(4)11-8-12-17(18)28-21(26)19(20)23/h7-8,10-12,22,27H,1,9,13-14H2,2-6H3. The number of benzene rings is 1. The number of aliphatic hydroxyl groups is 1. The van der Waals surface area contributed by atoms with Crippen molar-refractivity contribution in [3.05, 3.63) is 64.1 Å². The van der Waals surface area contributed by atoms with Crippen molar-refractivity contribution in [2.75, 3.05) is 0 Å². The van der Waals surface area contributed by atoms with E-state index in [2.05, 4.69) is 26.5 Å². The fourth-order valence-corrected chi connectivity index (χ4v) is 4.77. The summed E-state index contributed by atoms with van der Waals surface area (Å²) >= 11 is 0. The van der Waals surface area contributed by atoms with Crippen LogP contribution in [0, 0.1) is 6.92 Å². The first-order valence-electron chi connectivity index (χ1n) is 10.5. The van der Waals surface area contributed by atoms with E-state index in [0.29, 0.717) is 22.3 Å². The summed E-state index contributed by atoms with van der Waals surface area (Å²) < 4.78 is 17.9. The Morgan fingerprint density at radius 1 is 1.33 bits per heavy atom. The van der Waals surface area contributed by atoms with Crippen LogP contribution in [0.1, 0.15) is 58.1 Å². The van der Waals surface area contributed by atoms with Crippen LogP contribution in [0.5, 0.6) is 5.75 Å². The molecule has 5 heteroatoms. The van der Waals surface area contributed by atoms with Crippen LogP contribution in [-0.2, 0) is 10.2 Å². The monoisotopic (exact) mass is 410 g/mol. The molecule has 0 radical (unpaired) electrons. The molecule has 0 aliphatic carbocycles. The maximum atomic E-state index is 12.9. The van der Waals surface area contributed by atoms with Gasteiger partial charge in [0.2, 0.25) is 5.79 Å². The zero-order valence-corrected chi connectivity index (χ0v) is 18.4. The smallest absolute Gasteiger partial charge is 0.344 e. The van der Waals surface area contributed by atoms with Gasteiger partial charge < -0.3 is 19.0 Å². The molecule has 1 N–H and O–H groups in total. The Bertz CT molecular complexity index is 1110. The molecule has 3 heterocycles. The van der Waals surface area contributed by atoms with E-state index in [1.54, 1.807) is 12.1 Å². The van der Waals surface area contributed by atoms with Crippen LogP contribution in [0.2, 0.25) is 0 Å². The molecule has 0 saturated carbocycles. The van der Waals surface area contributed by atoms with Gasteiger partial charge in [-0.15, -0.1) is 6.58 Å². The van der Waals surface area contributed by atoms with Crippen molar-refractivity contribution in [3.8, 4) is 5.75 Å². The number of aryl methyl sites for hydroxylation is 1. The van der Waals surface area contributed by atoms with E-state index in [1.165, 1.54) is 5.57 Å². The quantitative estimate of drug-likeness (QED) is 0.430. The maximum Gasteiger partial charge on any atom is 0.344 e. The summed E-state index contributed by atoms with van der Waals surface area (Å²) in [6.07, 6.45) is 5.19. The number of rotatable bonds is 5. The van der Waals surface area contributed by atoms with E-state index >= 15 is 0 Å². The molecule has 1 aromatic heterocycles. The summed E-state index contributed by atoms with van der Waals surface area (Å²) in [4.78, 5) is 12.9. The van der Waals surface area contributed by atoms with Crippen molar-refractivity contribution in [3.63, 3.8) is 0 Å². The van der Waals surface area contributed by atoms with Crippen LogP contribution in [0.25, 0.3) is 11.0 Å². The first-order valence-corrected chi connectivity index (χ1v) is 10.5. The van der Waals surface area contributed by atoms with Gasteiger partial charge in [-0.1, -0.05) is 36.8 Å². The largest absolute Gasteiger partial charge is 0.458 e. The summed E-state index contributed by atoms with van der Waals surface area (Å²) in [5.74, 6) is -1.20. The maximum absolute atomic E-state index is 12.9. The van der Waals surface area contributed by atoms with E-state index < -0.39 is 28.5 Å². The molecule has 1 saturated heterocycles. The van der Waals surface area contributed by atoms with Gasteiger partial charge in [-0.2, -0.15) is 0 Å². The summed E-state index contributed by atoms with van der Waals surface area (Å²) in [6.45, 7) is 13.9. The lowest BCUT2D eigenvalue weighted by atomic mass is 9.73. The van der Waals surface area contributed by atoms with E-state index in [0.717, 1.165) is 18.4 Å². The Balaban J connectivity index is 1.80. The van der Waals surface area contributed by atoms with Crippen molar-refractivity contribution < 1.29 is 19.0 Å². The third-order valence-corrected chi connectivity index (χ3v) is 6.50. The second-order valence-electron chi connectivity index (χ2n) is 9.42. The van der Waals surface area contributed by atoms with E-state index in [4.69, 9.17) is 13.9 Å². The number of allylic oxidation sites excluding steroid dienone is 3. The molecule has 2 aliphatic heterocycles. The van der Waals surface area contributed by atoms with Crippen molar-refractivity contribution in [1.82, 2.24) is 0 Å². The van der Waals surface area contributed by atoms with E-state index in [9.17, 15) is 9.90 Å². The Hall–Kier alpha value is -2.37. The average molecular weight is 411 g/mol. The number of ether oxygens (including phenoxy) is 2. The molecule has 0 bridgehead atoms. The molecule has 0 spiro atoms. The molecule has 4 atom stereocenters. The highest BCUT2D eigenvalue weighted by atomic mass is 16.7. The second kappa shape index (κ2) is 6.82. The van der Waals surface area contributed by atoms with E-state index in [-0.39, 0.29) is 6.42 Å². The number of hydrogen-bond donors (Lipinski definition) is 1. The number of fused-ring (bicyclic) bond motifs is 3. The van der Waals surface area contributed by atoms with Gasteiger partial charge >= 0.3 is 5.63 Å². The SMILES string of the molecule is C=CC1(C)CC(O)(C2OC2(C)CCC=C(C)C)Oc2c1c(=O)oc1cccc(C)c21. The minimum absolute atomic E-state index is 0.168. The Kier molecular flexibility index (Phi) is 4.75. The minimum atomic E-state index is -1.57. The number of epoxide rings is 1. The molecule has 30 heavy (non-hydrogen) atoms. The summed E-state index contributed by atoms with van der Waals surface area (Å²) in [6, 6.07) is 5.50. The molecular formula is C25H30O5. The molecule has 2 aromatic rings. The molecule has 0 amide bonds. The highest BCUT2D eigenvalue weighted by Gasteiger charge is 2.67. The van der Waals surface area contributed by atoms with Crippen LogP contribution >= 0.6 is 0 Å². The highest BCUT2D eigenvalue weighted by molar-refractivity contribution is 5.88. The number of hydrogen-bond acceptors (Lipinski definition) is 5. The van der Waals surface area contributed by atoms with Crippen molar-refractivity contribution in [2.45, 2.75) is 76.8 Å². The van der Waals surface area contributed by atoms with Gasteiger partial charge in [-0.3, -0.25) is 0 Å². The van der Waals surface area contributed by atoms with Gasteiger partial charge in [0.1, 0.15) is 11.3 Å². The van der Waals surface area contributed by atoms with Crippen LogP contribution < -0.4 is 10.4 Å². The predicted molar refractivity (Wildman–Crippen MR) is 117 cm³/mol. The van der Waals surface area contributed by atoms with Crippen molar-refractivity contribution >= 4 is 11.0 Å². The van der Waals surface area contributed by atoms with Crippen molar-refractivity contribution in [2.24, 2.45) is 0 Å². The van der Waals surface area contributed by atoms with Gasteiger partial charge in [-0.25, -0.2) is 4.79 Å². The molecule has 5 nitrogen and oxygen atoms in total. The predicted octanol–water partition coefficient (Wildman–Crippen LogP) is 4.92. The summed E-state index contributed by atoms with van der Waals surface area (Å²) in [7, 11) is 0. The summed E-state index contributed by atoms with van der Waals surface area (Å²) in [5, 5.41) is 12.4. The van der Waals surface area contributed by atoms with Gasteiger partial charge in [0.25, 0.3) is 0 Å². The Morgan fingerprint density at radius 2 is 2.07 bits per heavy atom. The molecule has 2 aliphatic rings. The van der Waals surface area contributed by atoms with Gasteiger partial charge in [0.15, 0.2) is 6.10 Å². The summed E-state index contributed by atoms with van der Waals surface area (Å²) in [5.41, 5.74) is 1.25. The van der Waals surface area contributed by atoms with Gasteiger partial charge in [0, 0.05) is 11.8 Å². The fraction of sp³-hybridized carbons (Fsp3) is 0.480. The van der Waals surface area contributed by atoms with Crippen LogP contribution in [-0.4, -0.2) is 22.6 Å². The highest BCUT2D eigenvalue weighted by Crippen LogP contribution is 2.55. The van der Waals surface area contributed by atoms with Gasteiger partial charge in [-0.05, 0) is 52.2 Å². The van der Waals surface area contributed by atoms with E-state index in [1.807, 2.05) is 32.9 Å². The second-order valence-corrected chi connectivity index (χ2v) is 9.42. The van der Waals surface area contributed by atoms with Crippen molar-refractivity contribution in [1.29, 1.82) is 0 Å². The molecular weight excluding hydrogens is 380 g/mol. The van der Waals surface area contributed by atoms with Crippen LogP contribution in [0.4, 0.5) is 0 Å². The molecule has 1 fully saturated rings. The third kappa shape index (κ3) is 3.21. The Morgan fingerprint density at radius 3 is 2.73 bits per heavy atom. The van der Waals surface area contributed by atoms with Crippen LogP contribution in [0.3, 0.4) is 0 Å². The van der Waals surface area contributed by atoms with Crippen LogP contribution in [0.15, 0.2) is 51.7 Å². The zero-order valence-electron chi connectivity index (χ0n) is 18.4. The lowest BCUT2D eigenvalue weighted by Gasteiger charge is -2.42. The molecule has 160 valence electrons. The molecule has 1 aromatic carbocycles. The average Bonchev–Trinajstić information content (AvgIpc) is 3.33. The zero-order chi connectivity index (χ0) is 21.9. The third-order valence-electron chi connectivity index (χ3n) is 6.50. The van der Waals surface area contributed by atoms with Gasteiger partial charge in [0.05, 0.1) is 16.6 Å². The first-order chi connectivity index (χ1) is 14.0. The fourth-order valence-electron chi connectivity index (χ4n) is 4.77. The Labute approximate surface area is 177 Å². The normalized spacial score (nSPS) is 32.3. The lowest BCUT2D eigenvalue weighted by molar-refractivity contribution is -0.175.